The summed E-state index contributed by atoms with van der Waals surface area (Å²) in [4.78, 5) is 18.6. The van der Waals surface area contributed by atoms with Crippen LogP contribution in [0.25, 0.3) is 10.7 Å². The van der Waals surface area contributed by atoms with Crippen LogP contribution in [0, 0.1) is 0 Å². The summed E-state index contributed by atoms with van der Waals surface area (Å²) in [6, 6.07) is 3.86. The smallest absolute Gasteiger partial charge is 0.323 e. The quantitative estimate of drug-likeness (QED) is 0.931. The fourth-order valence-corrected chi connectivity index (χ4v) is 3.15. The van der Waals surface area contributed by atoms with Gasteiger partial charge in [0.25, 0.3) is 0 Å². The highest BCUT2D eigenvalue weighted by Gasteiger charge is 2.43. The first kappa shape index (κ1) is 13.3. The third-order valence-corrected chi connectivity index (χ3v) is 4.65. The number of aliphatic carboxylic acids is 1. The van der Waals surface area contributed by atoms with Crippen LogP contribution in [0.1, 0.15) is 25.7 Å². The van der Waals surface area contributed by atoms with Crippen LogP contribution in [0.4, 0.5) is 0 Å². The molecular weight excluding hydrogens is 278 g/mol. The first-order valence-electron chi connectivity index (χ1n) is 6.44. The second-order valence-electron chi connectivity index (χ2n) is 5.09. The van der Waals surface area contributed by atoms with E-state index >= 15 is 0 Å². The van der Waals surface area contributed by atoms with Crippen LogP contribution in [-0.4, -0.2) is 38.2 Å². The molecule has 1 saturated heterocycles. The summed E-state index contributed by atoms with van der Waals surface area (Å²) in [6.45, 7) is 2.86. The summed E-state index contributed by atoms with van der Waals surface area (Å²) in [5, 5.41) is 15.3. The maximum atomic E-state index is 11.4. The number of aromatic nitrogens is 2. The molecule has 0 aromatic carbocycles. The molecule has 0 saturated carbocycles. The first-order chi connectivity index (χ1) is 9.59. The van der Waals surface area contributed by atoms with Crippen molar-refractivity contribution in [3.8, 4) is 10.7 Å². The largest absolute Gasteiger partial charge is 0.480 e. The molecule has 1 aliphatic rings. The zero-order chi connectivity index (χ0) is 14.2. The molecule has 1 unspecified atom stereocenters. The summed E-state index contributed by atoms with van der Waals surface area (Å²) in [6.07, 6.45) is 1.52. The summed E-state index contributed by atoms with van der Waals surface area (Å²) < 4.78 is 5.23. The van der Waals surface area contributed by atoms with Crippen LogP contribution >= 0.6 is 11.3 Å². The molecule has 20 heavy (non-hydrogen) atoms. The fourth-order valence-electron chi connectivity index (χ4n) is 2.50. The van der Waals surface area contributed by atoms with Crippen LogP contribution < -0.4 is 0 Å². The summed E-state index contributed by atoms with van der Waals surface area (Å²) in [7, 11) is 0. The molecule has 2 aromatic rings. The molecule has 3 heterocycles. The molecule has 1 aliphatic heterocycles. The van der Waals surface area contributed by atoms with E-state index in [1.165, 1.54) is 0 Å². The zero-order valence-corrected chi connectivity index (χ0v) is 11.9. The van der Waals surface area contributed by atoms with Gasteiger partial charge in [-0.2, -0.15) is 4.98 Å². The Bertz CT molecular complexity index is 610. The monoisotopic (exact) mass is 293 g/mol. The van der Waals surface area contributed by atoms with Crippen LogP contribution in [0.2, 0.25) is 0 Å². The molecule has 0 aliphatic carbocycles. The number of carbonyl (C=O) groups is 1. The van der Waals surface area contributed by atoms with E-state index < -0.39 is 11.5 Å². The Morgan fingerprint density at radius 1 is 1.65 bits per heavy atom. The third kappa shape index (κ3) is 2.23. The molecule has 3 rings (SSSR count). The van der Waals surface area contributed by atoms with Crippen molar-refractivity contribution in [2.45, 2.75) is 31.8 Å². The third-order valence-electron chi connectivity index (χ3n) is 3.79. The molecule has 106 valence electrons. The van der Waals surface area contributed by atoms with E-state index in [4.69, 9.17) is 4.52 Å². The van der Waals surface area contributed by atoms with E-state index in [-0.39, 0.29) is 0 Å². The average Bonchev–Trinajstić information content (AvgIpc) is 3.12. The molecule has 0 spiro atoms. The van der Waals surface area contributed by atoms with Crippen molar-refractivity contribution in [3.05, 3.63) is 23.4 Å². The Morgan fingerprint density at radius 3 is 3.20 bits per heavy atom. The molecule has 0 bridgehead atoms. The fraction of sp³-hybridized carbons (Fsp3) is 0.462. The summed E-state index contributed by atoms with van der Waals surface area (Å²) in [5.74, 6) is 0.224. The number of thiophene rings is 1. The van der Waals surface area contributed by atoms with Gasteiger partial charge in [0, 0.05) is 0 Å². The topological polar surface area (TPSA) is 79.5 Å². The van der Waals surface area contributed by atoms with Gasteiger partial charge in [0.15, 0.2) is 0 Å². The van der Waals surface area contributed by atoms with Gasteiger partial charge in [0.1, 0.15) is 5.54 Å². The Hall–Kier alpha value is -1.73. The van der Waals surface area contributed by atoms with Gasteiger partial charge in [0.05, 0.1) is 11.4 Å². The SMILES string of the molecule is CC1(C(=O)O)CCCN1Cc1nc(-c2cccs2)no1. The molecule has 1 N–H and O–H groups in total. The van der Waals surface area contributed by atoms with E-state index in [1.54, 1.807) is 18.3 Å². The van der Waals surface area contributed by atoms with E-state index in [1.807, 2.05) is 22.4 Å². The number of rotatable bonds is 4. The number of carboxylic acid groups (broad SMARTS) is 1. The molecule has 7 heteroatoms. The summed E-state index contributed by atoms with van der Waals surface area (Å²) in [5.41, 5.74) is -0.836. The molecule has 2 aromatic heterocycles. The van der Waals surface area contributed by atoms with Crippen molar-refractivity contribution < 1.29 is 14.4 Å². The van der Waals surface area contributed by atoms with Crippen LogP contribution in [0.5, 0.6) is 0 Å². The second-order valence-corrected chi connectivity index (χ2v) is 6.04. The Balaban J connectivity index is 1.77. The number of carboxylic acids is 1. The molecule has 0 radical (unpaired) electrons. The number of nitrogens with zero attached hydrogens (tertiary/aromatic N) is 3. The predicted molar refractivity (Wildman–Crippen MR) is 73.3 cm³/mol. The molecule has 1 fully saturated rings. The van der Waals surface area contributed by atoms with Gasteiger partial charge < -0.3 is 9.63 Å². The number of likely N-dealkylation sites (tertiary alicyclic amines) is 1. The highest BCUT2D eigenvalue weighted by molar-refractivity contribution is 7.13. The van der Waals surface area contributed by atoms with E-state index in [0.29, 0.717) is 24.7 Å². The zero-order valence-electron chi connectivity index (χ0n) is 11.1. The van der Waals surface area contributed by atoms with E-state index in [0.717, 1.165) is 17.8 Å². The van der Waals surface area contributed by atoms with Crippen molar-refractivity contribution in [1.29, 1.82) is 0 Å². The molecule has 0 amide bonds. The number of hydrogen-bond donors (Lipinski definition) is 1. The Labute approximate surface area is 120 Å². The van der Waals surface area contributed by atoms with Gasteiger partial charge in [0.2, 0.25) is 11.7 Å². The van der Waals surface area contributed by atoms with Crippen LogP contribution in [0.3, 0.4) is 0 Å². The first-order valence-corrected chi connectivity index (χ1v) is 7.32. The highest BCUT2D eigenvalue weighted by atomic mass is 32.1. The van der Waals surface area contributed by atoms with Crippen molar-refractivity contribution in [1.82, 2.24) is 15.0 Å². The lowest BCUT2D eigenvalue weighted by atomic mass is 9.99. The van der Waals surface area contributed by atoms with Crippen LogP contribution in [-0.2, 0) is 11.3 Å². The average molecular weight is 293 g/mol. The maximum absolute atomic E-state index is 11.4. The lowest BCUT2D eigenvalue weighted by Crippen LogP contribution is -2.47. The van der Waals surface area contributed by atoms with Gasteiger partial charge in [-0.25, -0.2) is 0 Å². The van der Waals surface area contributed by atoms with E-state index in [2.05, 4.69) is 10.1 Å². The number of hydrogen-bond acceptors (Lipinski definition) is 6. The standard InChI is InChI=1S/C13H15N3O3S/c1-13(12(17)18)5-3-6-16(13)8-10-14-11(15-19-10)9-4-2-7-20-9/h2,4,7H,3,5-6,8H2,1H3,(H,17,18). The minimum absolute atomic E-state index is 0.376. The van der Waals surface area contributed by atoms with Crippen molar-refractivity contribution in [3.63, 3.8) is 0 Å². The Morgan fingerprint density at radius 2 is 2.50 bits per heavy atom. The van der Waals surface area contributed by atoms with Crippen molar-refractivity contribution >= 4 is 17.3 Å². The van der Waals surface area contributed by atoms with Gasteiger partial charge in [-0.05, 0) is 37.8 Å². The Kier molecular flexibility index (Phi) is 3.31. The van der Waals surface area contributed by atoms with Gasteiger partial charge in [-0.1, -0.05) is 11.2 Å². The summed E-state index contributed by atoms with van der Waals surface area (Å²) >= 11 is 1.54. The van der Waals surface area contributed by atoms with Gasteiger partial charge in [-0.3, -0.25) is 9.69 Å². The van der Waals surface area contributed by atoms with Crippen molar-refractivity contribution in [2.24, 2.45) is 0 Å². The lowest BCUT2D eigenvalue weighted by Gasteiger charge is -2.29. The molecule has 1 atom stereocenters. The second kappa shape index (κ2) is 4.99. The normalized spacial score (nSPS) is 23.2. The predicted octanol–water partition coefficient (Wildman–Crippen LogP) is 2.24. The van der Waals surface area contributed by atoms with E-state index in [9.17, 15) is 9.90 Å². The van der Waals surface area contributed by atoms with Crippen molar-refractivity contribution in [2.75, 3.05) is 6.54 Å². The molecule has 6 nitrogen and oxygen atoms in total. The van der Waals surface area contributed by atoms with Gasteiger partial charge in [-0.15, -0.1) is 11.3 Å². The molecular formula is C13H15N3O3S. The maximum Gasteiger partial charge on any atom is 0.323 e. The lowest BCUT2D eigenvalue weighted by molar-refractivity contribution is -0.149. The minimum Gasteiger partial charge on any atom is -0.480 e. The highest BCUT2D eigenvalue weighted by Crippen LogP contribution is 2.31. The minimum atomic E-state index is -0.836. The van der Waals surface area contributed by atoms with Gasteiger partial charge >= 0.3 is 5.97 Å². The van der Waals surface area contributed by atoms with Crippen LogP contribution in [0.15, 0.2) is 22.0 Å².